The first kappa shape index (κ1) is 51.7. The van der Waals surface area contributed by atoms with Gasteiger partial charge in [0.1, 0.15) is 30.2 Å². The first-order chi connectivity index (χ1) is 27.1. The van der Waals surface area contributed by atoms with Crippen molar-refractivity contribution < 1.29 is 58.5 Å². The third-order valence-electron chi connectivity index (χ3n) is 7.79. The fourth-order valence-corrected chi connectivity index (χ4v) is 4.87. The topological polar surface area (TPSA) is 467 Å². The Morgan fingerprint density at radius 3 is 1.57 bits per heavy atom. The molecule has 0 aliphatic rings. The number of carbonyl (C=O) groups is 9. The van der Waals surface area contributed by atoms with Crippen LogP contribution in [0.1, 0.15) is 65.2 Å². The molecule has 7 amide bonds. The standard InChI is InChI=1S/C32H58N14O12/c1-15(2)11-19(28(55)43-17(5-3-9-39-31(35)36)27(54)44-18(30(57)58)6-4-10-40-32(37)38)45-29(56)20(12-24(50)51)42-23(49)13-41-26(53)21(14-47)46-25(52)16(33)7-8-22(34)48/h15-21,47H,3-14,33H2,1-2H3,(H2,34,48)(H,41,53)(H,42,49)(H,43,55)(H,44,54)(H,45,56)(H,46,52)(H,50,51)(H,57,58)(H4,35,36,39)(H4,37,38,40)/t16-,17-,18-,19-,20-,21-/m0/s1. The quantitative estimate of drug-likeness (QED) is 0.0189. The molecular formula is C32H58N14O12. The van der Waals surface area contributed by atoms with Crippen molar-refractivity contribution in [3.05, 3.63) is 0 Å². The Hall–Kier alpha value is -6.31. The second-order valence-electron chi connectivity index (χ2n) is 13.3. The number of aliphatic hydroxyl groups excluding tert-OH is 1. The van der Waals surface area contributed by atoms with Crippen LogP contribution in [0, 0.1) is 5.92 Å². The summed E-state index contributed by atoms with van der Waals surface area (Å²) in [4.78, 5) is 120. The number of rotatable bonds is 29. The van der Waals surface area contributed by atoms with E-state index in [-0.39, 0.29) is 75.9 Å². The minimum Gasteiger partial charge on any atom is -0.481 e. The summed E-state index contributed by atoms with van der Waals surface area (Å²) in [5, 5.41) is 42.4. The lowest BCUT2D eigenvalue weighted by Crippen LogP contribution is -2.58. The first-order valence-electron chi connectivity index (χ1n) is 18.1. The van der Waals surface area contributed by atoms with Crippen LogP contribution in [-0.2, 0) is 43.2 Å². The number of carboxylic acid groups (broad SMARTS) is 2. The number of hydrogen-bond acceptors (Lipinski definition) is 13. The van der Waals surface area contributed by atoms with Crippen molar-refractivity contribution >= 4 is 65.2 Å². The van der Waals surface area contributed by atoms with Crippen molar-refractivity contribution in [2.24, 2.45) is 50.3 Å². The fraction of sp³-hybridized carbons (Fsp3) is 0.656. The number of nitrogens with zero attached hydrogens (tertiary/aromatic N) is 2. The summed E-state index contributed by atoms with van der Waals surface area (Å²) in [5.41, 5.74) is 32.0. The highest BCUT2D eigenvalue weighted by Gasteiger charge is 2.33. The molecule has 0 fully saturated rings. The summed E-state index contributed by atoms with van der Waals surface area (Å²) in [6.45, 7) is 1.72. The normalized spacial score (nSPS) is 13.8. The van der Waals surface area contributed by atoms with Crippen molar-refractivity contribution in [3.8, 4) is 0 Å². The third-order valence-corrected chi connectivity index (χ3v) is 7.79. The molecule has 0 saturated heterocycles. The number of primary amides is 1. The molecule has 21 N–H and O–H groups in total. The van der Waals surface area contributed by atoms with Gasteiger partial charge in [-0.2, -0.15) is 0 Å². The van der Waals surface area contributed by atoms with Gasteiger partial charge in [0.05, 0.1) is 25.6 Å². The smallest absolute Gasteiger partial charge is 0.326 e. The number of amides is 7. The van der Waals surface area contributed by atoms with Crippen LogP contribution in [0.4, 0.5) is 0 Å². The number of aliphatic hydroxyl groups is 1. The predicted molar refractivity (Wildman–Crippen MR) is 205 cm³/mol. The predicted octanol–water partition coefficient (Wildman–Crippen LogP) is -7.18. The van der Waals surface area contributed by atoms with Gasteiger partial charge in [-0.05, 0) is 44.4 Å². The Labute approximate surface area is 333 Å². The highest BCUT2D eigenvalue weighted by Crippen LogP contribution is 2.09. The number of aliphatic imine (C=N–C) groups is 2. The van der Waals surface area contributed by atoms with Gasteiger partial charge in [-0.25, -0.2) is 4.79 Å². The molecule has 58 heavy (non-hydrogen) atoms. The number of nitrogens with one attached hydrogen (secondary N) is 6. The van der Waals surface area contributed by atoms with Gasteiger partial charge in [0, 0.05) is 19.5 Å². The van der Waals surface area contributed by atoms with Crippen LogP contribution in [0.25, 0.3) is 0 Å². The van der Waals surface area contributed by atoms with Crippen molar-refractivity contribution in [1.29, 1.82) is 0 Å². The summed E-state index contributed by atoms with van der Waals surface area (Å²) in [5.74, 6) is -10.3. The van der Waals surface area contributed by atoms with Crippen molar-refractivity contribution in [1.82, 2.24) is 31.9 Å². The van der Waals surface area contributed by atoms with Crippen LogP contribution in [-0.4, -0.2) is 143 Å². The highest BCUT2D eigenvalue weighted by atomic mass is 16.4. The van der Waals surface area contributed by atoms with Crippen molar-refractivity contribution in [2.45, 2.75) is 101 Å². The van der Waals surface area contributed by atoms with Crippen molar-refractivity contribution in [2.75, 3.05) is 26.2 Å². The lowest BCUT2D eigenvalue weighted by molar-refractivity contribution is -0.142. The van der Waals surface area contributed by atoms with E-state index in [9.17, 15) is 58.5 Å². The second-order valence-corrected chi connectivity index (χ2v) is 13.3. The molecule has 0 heterocycles. The minimum absolute atomic E-state index is 0.0356. The minimum atomic E-state index is -1.80. The number of aliphatic carboxylic acids is 2. The van der Waals surface area contributed by atoms with Gasteiger partial charge >= 0.3 is 11.9 Å². The molecule has 0 aromatic carbocycles. The summed E-state index contributed by atoms with van der Waals surface area (Å²) in [6, 6.07) is -8.82. The van der Waals surface area contributed by atoms with Gasteiger partial charge in [0.15, 0.2) is 11.9 Å². The number of nitrogens with two attached hydrogens (primary N) is 6. The molecule has 0 rings (SSSR count). The molecule has 0 spiro atoms. The van der Waals surface area contributed by atoms with E-state index in [1.165, 1.54) is 0 Å². The molecule has 6 atom stereocenters. The Morgan fingerprint density at radius 2 is 1.09 bits per heavy atom. The zero-order valence-electron chi connectivity index (χ0n) is 32.4. The molecule has 0 aliphatic carbocycles. The Kier molecular flexibility index (Phi) is 24.3. The van der Waals surface area contributed by atoms with Gasteiger partial charge in [0.25, 0.3) is 0 Å². The van der Waals surface area contributed by atoms with Crippen LogP contribution < -0.4 is 66.3 Å². The van der Waals surface area contributed by atoms with E-state index in [4.69, 9.17) is 34.4 Å². The maximum Gasteiger partial charge on any atom is 0.326 e. The highest BCUT2D eigenvalue weighted by molar-refractivity contribution is 5.97. The lowest BCUT2D eigenvalue weighted by atomic mass is 10.0. The van der Waals surface area contributed by atoms with E-state index in [1.807, 2.05) is 0 Å². The van der Waals surface area contributed by atoms with Crippen LogP contribution in [0.2, 0.25) is 0 Å². The lowest BCUT2D eigenvalue weighted by Gasteiger charge is -2.26. The fourth-order valence-electron chi connectivity index (χ4n) is 4.87. The molecule has 26 nitrogen and oxygen atoms in total. The Balaban J connectivity index is 5.95. The second kappa shape index (κ2) is 27.3. The van der Waals surface area contributed by atoms with Gasteiger partial charge in [-0.3, -0.25) is 48.3 Å². The van der Waals surface area contributed by atoms with Gasteiger partial charge in [-0.15, -0.1) is 0 Å². The third kappa shape index (κ3) is 22.9. The number of hydrogen-bond donors (Lipinski definition) is 15. The van der Waals surface area contributed by atoms with E-state index in [0.717, 1.165) is 0 Å². The van der Waals surface area contributed by atoms with E-state index in [1.54, 1.807) is 13.8 Å². The molecular weight excluding hydrogens is 772 g/mol. The molecule has 0 saturated carbocycles. The van der Waals surface area contributed by atoms with Gasteiger partial charge < -0.3 is 81.6 Å². The number of carbonyl (C=O) groups excluding carboxylic acids is 7. The summed E-state index contributed by atoms with van der Waals surface area (Å²) >= 11 is 0. The summed E-state index contributed by atoms with van der Waals surface area (Å²) in [6.07, 6.45) is -1.26. The Bertz CT molecular complexity index is 1500. The summed E-state index contributed by atoms with van der Waals surface area (Å²) in [7, 11) is 0. The number of guanidine groups is 2. The van der Waals surface area contributed by atoms with Gasteiger partial charge in [0.2, 0.25) is 41.4 Å². The zero-order chi connectivity index (χ0) is 44.5. The molecule has 0 radical (unpaired) electrons. The molecule has 0 aromatic heterocycles. The molecule has 26 heteroatoms. The monoisotopic (exact) mass is 830 g/mol. The van der Waals surface area contributed by atoms with E-state index in [2.05, 4.69) is 41.9 Å². The molecule has 328 valence electrons. The van der Waals surface area contributed by atoms with Gasteiger partial charge in [-0.1, -0.05) is 13.8 Å². The Morgan fingerprint density at radius 1 is 0.603 bits per heavy atom. The maximum atomic E-state index is 13.6. The van der Waals surface area contributed by atoms with E-state index >= 15 is 0 Å². The average Bonchev–Trinajstić information content (AvgIpc) is 3.12. The average molecular weight is 831 g/mol. The zero-order valence-corrected chi connectivity index (χ0v) is 32.4. The first-order valence-corrected chi connectivity index (χ1v) is 18.1. The van der Waals surface area contributed by atoms with Crippen LogP contribution in [0.5, 0.6) is 0 Å². The van der Waals surface area contributed by atoms with Crippen LogP contribution in [0.3, 0.4) is 0 Å². The largest absolute Gasteiger partial charge is 0.481 e. The summed E-state index contributed by atoms with van der Waals surface area (Å²) < 4.78 is 0. The molecule has 0 bridgehead atoms. The van der Waals surface area contributed by atoms with Crippen molar-refractivity contribution in [3.63, 3.8) is 0 Å². The SMILES string of the molecule is CC(C)C[C@H](NC(=O)[C@H](CC(=O)O)NC(=O)CNC(=O)[C@H](CO)NC(=O)[C@@H](N)CCC(N)=O)C(=O)N[C@@H](CCCN=C(N)N)C(=O)N[C@@H](CCCN=C(N)N)C(=O)O. The van der Waals surface area contributed by atoms with Crippen LogP contribution >= 0.6 is 0 Å². The molecule has 0 aliphatic heterocycles. The molecule has 0 unspecified atom stereocenters. The van der Waals surface area contributed by atoms with Crippen LogP contribution in [0.15, 0.2) is 9.98 Å². The molecule has 0 aromatic rings. The number of carboxylic acids is 2. The van der Waals surface area contributed by atoms with E-state index < -0.39 is 109 Å². The maximum absolute atomic E-state index is 13.6. The van der Waals surface area contributed by atoms with E-state index in [0.29, 0.717) is 0 Å².